The van der Waals surface area contributed by atoms with Crippen molar-refractivity contribution >= 4 is 40.3 Å². The zero-order valence-corrected chi connectivity index (χ0v) is 20.1. The zero-order valence-electron chi connectivity index (χ0n) is 18.6. The molecule has 0 spiro atoms. The lowest BCUT2D eigenvalue weighted by atomic mass is 9.83. The molecule has 0 bridgehead atoms. The fourth-order valence-corrected chi connectivity index (χ4v) is 5.38. The summed E-state index contributed by atoms with van der Waals surface area (Å²) in [5, 5.41) is 0.866. The lowest BCUT2D eigenvalue weighted by molar-refractivity contribution is 0.0976. The first-order valence-electron chi connectivity index (χ1n) is 11.5. The summed E-state index contributed by atoms with van der Waals surface area (Å²) in [6.45, 7) is 7.64. The molecule has 0 unspecified atom stereocenters. The van der Waals surface area contributed by atoms with Crippen LogP contribution in [0.25, 0.3) is 22.4 Å². The van der Waals surface area contributed by atoms with Crippen molar-refractivity contribution < 1.29 is 4.74 Å². The van der Waals surface area contributed by atoms with Crippen LogP contribution in [0.3, 0.4) is 0 Å². The smallest absolute Gasteiger partial charge is 0.225 e. The second-order valence-electron chi connectivity index (χ2n) is 9.29. The number of hydrogen-bond acceptors (Lipinski definition) is 5. The number of aromatic nitrogens is 4. The van der Waals surface area contributed by atoms with Gasteiger partial charge in [0.05, 0.1) is 19.3 Å². The molecular formula is C24H29Cl2N5O. The topological polar surface area (TPSA) is 56.1 Å². The highest BCUT2D eigenvalue weighted by atomic mass is 35.5. The van der Waals surface area contributed by atoms with Crippen molar-refractivity contribution in [1.29, 1.82) is 0 Å². The monoisotopic (exact) mass is 473 g/mol. The zero-order chi connectivity index (χ0) is 22.2. The number of rotatable bonds is 4. The molecule has 6 nitrogen and oxygen atoms in total. The molecule has 1 aliphatic heterocycles. The number of benzene rings is 1. The Morgan fingerprint density at radius 2 is 1.88 bits per heavy atom. The molecule has 1 aromatic carbocycles. The largest absolute Gasteiger partial charge is 0.377 e. The molecule has 2 aromatic heterocycles. The van der Waals surface area contributed by atoms with Crippen LogP contribution in [0.2, 0.25) is 10.3 Å². The SMILES string of the molecule is CC1CCC(Cn2c(N3CCOC[C@H]3C)nc3nc(Cl)nc(-c4cccc(Cl)c4)c32)CC1. The van der Waals surface area contributed by atoms with Crippen molar-refractivity contribution in [3.8, 4) is 11.3 Å². The second kappa shape index (κ2) is 9.16. The van der Waals surface area contributed by atoms with Crippen molar-refractivity contribution in [1.82, 2.24) is 19.5 Å². The molecule has 0 amide bonds. The van der Waals surface area contributed by atoms with Crippen LogP contribution in [0.1, 0.15) is 39.5 Å². The Bertz CT molecular complexity index is 1110. The summed E-state index contributed by atoms with van der Waals surface area (Å²) in [6.07, 6.45) is 5.04. The van der Waals surface area contributed by atoms with Crippen molar-refractivity contribution in [2.24, 2.45) is 11.8 Å². The Morgan fingerprint density at radius 1 is 1.06 bits per heavy atom. The highest BCUT2D eigenvalue weighted by Gasteiger charge is 2.29. The van der Waals surface area contributed by atoms with Gasteiger partial charge in [0.15, 0.2) is 5.65 Å². The van der Waals surface area contributed by atoms with Crippen LogP contribution in [-0.4, -0.2) is 45.3 Å². The van der Waals surface area contributed by atoms with Gasteiger partial charge in [-0.3, -0.25) is 0 Å². The van der Waals surface area contributed by atoms with Crippen LogP contribution in [0, 0.1) is 11.8 Å². The van der Waals surface area contributed by atoms with Crippen LogP contribution in [0.4, 0.5) is 5.95 Å². The van der Waals surface area contributed by atoms with Crippen LogP contribution in [0.5, 0.6) is 0 Å². The number of hydrogen-bond donors (Lipinski definition) is 0. The average Bonchev–Trinajstić information content (AvgIpc) is 3.12. The number of ether oxygens (including phenoxy) is 1. The molecule has 170 valence electrons. The minimum Gasteiger partial charge on any atom is -0.377 e. The van der Waals surface area contributed by atoms with Crippen LogP contribution in [0.15, 0.2) is 24.3 Å². The van der Waals surface area contributed by atoms with E-state index >= 15 is 0 Å². The molecule has 3 heterocycles. The predicted molar refractivity (Wildman–Crippen MR) is 130 cm³/mol. The number of fused-ring (bicyclic) bond motifs is 1. The number of morpholine rings is 1. The summed E-state index contributed by atoms with van der Waals surface area (Å²) in [6, 6.07) is 7.99. The van der Waals surface area contributed by atoms with Crippen molar-refractivity contribution in [3.05, 3.63) is 34.6 Å². The fourth-order valence-electron chi connectivity index (χ4n) is 5.02. The third-order valence-corrected chi connectivity index (χ3v) is 7.26. The molecule has 8 heteroatoms. The van der Waals surface area contributed by atoms with Crippen molar-refractivity contribution in [2.75, 3.05) is 24.7 Å². The Hall–Kier alpha value is -1.89. The van der Waals surface area contributed by atoms with Gasteiger partial charge in [-0.05, 0) is 55.3 Å². The van der Waals surface area contributed by atoms with E-state index < -0.39 is 0 Å². The van der Waals surface area contributed by atoms with E-state index in [1.807, 2.05) is 24.3 Å². The van der Waals surface area contributed by atoms with E-state index in [0.29, 0.717) is 29.8 Å². The summed E-state index contributed by atoms with van der Waals surface area (Å²) >= 11 is 12.7. The van der Waals surface area contributed by atoms with E-state index in [0.717, 1.165) is 41.7 Å². The summed E-state index contributed by atoms with van der Waals surface area (Å²) < 4.78 is 8.03. The van der Waals surface area contributed by atoms with Crippen LogP contribution in [-0.2, 0) is 11.3 Å². The maximum Gasteiger partial charge on any atom is 0.225 e. The van der Waals surface area contributed by atoms with E-state index in [1.165, 1.54) is 25.7 Å². The lowest BCUT2D eigenvalue weighted by Crippen LogP contribution is -2.45. The Labute approximate surface area is 198 Å². The minimum atomic E-state index is 0.199. The lowest BCUT2D eigenvalue weighted by Gasteiger charge is -2.35. The summed E-state index contributed by atoms with van der Waals surface area (Å²) in [4.78, 5) is 16.5. The molecule has 2 fully saturated rings. The maximum atomic E-state index is 6.36. The second-order valence-corrected chi connectivity index (χ2v) is 10.1. The molecule has 5 rings (SSSR count). The molecular weight excluding hydrogens is 445 g/mol. The Kier molecular flexibility index (Phi) is 6.28. The minimum absolute atomic E-state index is 0.199. The fraction of sp³-hybridized carbons (Fsp3) is 0.542. The van der Waals surface area contributed by atoms with Gasteiger partial charge in [-0.2, -0.15) is 9.97 Å². The van der Waals surface area contributed by atoms with Gasteiger partial charge in [0.25, 0.3) is 0 Å². The first kappa shape index (κ1) is 21.9. The van der Waals surface area contributed by atoms with E-state index in [2.05, 4.69) is 33.3 Å². The molecule has 1 saturated carbocycles. The Morgan fingerprint density at radius 3 is 2.62 bits per heavy atom. The summed E-state index contributed by atoms with van der Waals surface area (Å²) in [5.74, 6) is 2.37. The van der Waals surface area contributed by atoms with E-state index in [9.17, 15) is 0 Å². The first-order chi connectivity index (χ1) is 15.5. The maximum absolute atomic E-state index is 6.36. The van der Waals surface area contributed by atoms with Crippen LogP contribution < -0.4 is 4.90 Å². The summed E-state index contributed by atoms with van der Waals surface area (Å²) in [5.41, 5.74) is 3.28. The molecule has 2 aliphatic rings. The molecule has 1 aliphatic carbocycles. The number of nitrogens with zero attached hydrogens (tertiary/aromatic N) is 5. The molecule has 0 N–H and O–H groups in total. The van der Waals surface area contributed by atoms with Crippen molar-refractivity contribution in [2.45, 2.75) is 52.1 Å². The molecule has 3 aromatic rings. The molecule has 1 saturated heterocycles. The van der Waals surface area contributed by atoms with E-state index in [1.54, 1.807) is 0 Å². The standard InChI is InChI=1S/C24H29Cl2N5O/c1-15-6-8-17(9-7-15)13-31-21-20(18-4-3-5-19(25)12-18)27-23(26)28-22(21)29-24(31)30-10-11-32-14-16(30)2/h3-5,12,15-17H,6-11,13-14H2,1-2H3/t15?,16-,17?/m1/s1. The number of anilines is 1. The van der Waals surface area contributed by atoms with Gasteiger partial charge in [0.2, 0.25) is 11.2 Å². The van der Waals surface area contributed by atoms with Crippen LogP contribution >= 0.6 is 23.2 Å². The van der Waals surface area contributed by atoms with Gasteiger partial charge in [-0.1, -0.05) is 43.5 Å². The molecule has 0 radical (unpaired) electrons. The summed E-state index contributed by atoms with van der Waals surface area (Å²) in [7, 11) is 0. The van der Waals surface area contributed by atoms with Crippen molar-refractivity contribution in [3.63, 3.8) is 0 Å². The third kappa shape index (κ3) is 4.33. The number of halogens is 2. The highest BCUT2D eigenvalue weighted by Crippen LogP contribution is 2.36. The highest BCUT2D eigenvalue weighted by molar-refractivity contribution is 6.31. The van der Waals surface area contributed by atoms with Gasteiger partial charge in [0, 0.05) is 23.7 Å². The predicted octanol–water partition coefficient (Wildman–Crippen LogP) is 5.85. The van der Waals surface area contributed by atoms with Gasteiger partial charge in [-0.25, -0.2) is 4.98 Å². The van der Waals surface area contributed by atoms with E-state index in [4.69, 9.17) is 32.9 Å². The van der Waals surface area contributed by atoms with Gasteiger partial charge >= 0.3 is 0 Å². The first-order valence-corrected chi connectivity index (χ1v) is 12.3. The average molecular weight is 474 g/mol. The third-order valence-electron chi connectivity index (χ3n) is 6.85. The quantitative estimate of drug-likeness (QED) is 0.444. The Balaban J connectivity index is 1.67. The van der Waals surface area contributed by atoms with E-state index in [-0.39, 0.29) is 11.3 Å². The van der Waals surface area contributed by atoms with Gasteiger partial charge in [-0.15, -0.1) is 0 Å². The van der Waals surface area contributed by atoms with Gasteiger partial charge in [0.1, 0.15) is 11.2 Å². The molecule has 1 atom stereocenters. The number of imidazole rings is 1. The normalized spacial score (nSPS) is 24.2. The van der Waals surface area contributed by atoms with Gasteiger partial charge < -0.3 is 14.2 Å². The molecule has 32 heavy (non-hydrogen) atoms.